The Morgan fingerprint density at radius 1 is 1.17 bits per heavy atom. The highest BCUT2D eigenvalue weighted by Crippen LogP contribution is 2.24. The zero-order chi connectivity index (χ0) is 16.4. The Balaban J connectivity index is 1.53. The molecule has 124 valence electrons. The van der Waals surface area contributed by atoms with Gasteiger partial charge in [0.25, 0.3) is 0 Å². The van der Waals surface area contributed by atoms with Gasteiger partial charge in [-0.2, -0.15) is 5.10 Å². The molecular weight excluding hydrogens is 300 g/mol. The van der Waals surface area contributed by atoms with Gasteiger partial charge in [0.05, 0.1) is 22.9 Å². The second-order valence-corrected chi connectivity index (χ2v) is 6.37. The summed E-state index contributed by atoms with van der Waals surface area (Å²) in [5, 5.41) is 5.68. The van der Waals surface area contributed by atoms with Crippen molar-refractivity contribution in [1.29, 1.82) is 0 Å². The normalized spacial score (nSPS) is 18.0. The van der Waals surface area contributed by atoms with Crippen LogP contribution in [0.4, 0.5) is 0 Å². The predicted molar refractivity (Wildman–Crippen MR) is 93.6 cm³/mol. The Bertz CT molecular complexity index is 829. The van der Waals surface area contributed by atoms with E-state index in [0.29, 0.717) is 6.04 Å². The Labute approximate surface area is 141 Å². The third kappa shape index (κ3) is 3.05. The minimum absolute atomic E-state index is 0.365. The van der Waals surface area contributed by atoms with E-state index in [-0.39, 0.29) is 0 Å². The maximum Gasteiger partial charge on any atom is 0.0705 e. The van der Waals surface area contributed by atoms with E-state index in [1.54, 1.807) is 7.11 Å². The molecule has 3 aromatic rings. The summed E-state index contributed by atoms with van der Waals surface area (Å²) in [7, 11) is 1.75. The second-order valence-electron chi connectivity index (χ2n) is 6.37. The molecule has 0 fully saturated rings. The van der Waals surface area contributed by atoms with Crippen molar-refractivity contribution in [3.63, 3.8) is 0 Å². The number of rotatable bonds is 5. The summed E-state index contributed by atoms with van der Waals surface area (Å²) in [5.41, 5.74) is 3.45. The fourth-order valence-corrected chi connectivity index (χ4v) is 3.48. The summed E-state index contributed by atoms with van der Waals surface area (Å²) in [6.07, 6.45) is 2.87. The number of hydrogen-bond acceptors (Lipinski definition) is 4. The number of aromatic nitrogens is 3. The third-order valence-corrected chi connectivity index (χ3v) is 4.65. The standard InChI is InChI=1S/C19H22N4O/c1-24-11-9-18-14-22(13-17-8-10-20-23(17)18)12-16-7-6-15-4-2-3-5-19(15)21-16/h2-8,10,18H,9,11-14H2,1H3/t18-/m0/s1. The van der Waals surface area contributed by atoms with Crippen molar-refractivity contribution >= 4 is 10.9 Å². The number of methoxy groups -OCH3 is 1. The van der Waals surface area contributed by atoms with Crippen molar-refractivity contribution in [2.45, 2.75) is 25.6 Å². The monoisotopic (exact) mass is 322 g/mol. The quantitative estimate of drug-likeness (QED) is 0.724. The highest BCUT2D eigenvalue weighted by molar-refractivity contribution is 5.78. The van der Waals surface area contributed by atoms with Crippen molar-refractivity contribution in [3.8, 4) is 0 Å². The number of hydrogen-bond donors (Lipinski definition) is 0. The topological polar surface area (TPSA) is 43.2 Å². The molecule has 1 aliphatic rings. The van der Waals surface area contributed by atoms with Crippen molar-refractivity contribution in [3.05, 3.63) is 60.0 Å². The van der Waals surface area contributed by atoms with Crippen LogP contribution >= 0.6 is 0 Å². The summed E-state index contributed by atoms with van der Waals surface area (Å²) >= 11 is 0. The zero-order valence-electron chi connectivity index (χ0n) is 13.9. The molecule has 0 spiro atoms. The molecule has 0 bridgehead atoms. The summed E-state index contributed by atoms with van der Waals surface area (Å²) < 4.78 is 7.42. The Kier molecular flexibility index (Phi) is 4.28. The smallest absolute Gasteiger partial charge is 0.0705 e. The molecule has 0 unspecified atom stereocenters. The lowest BCUT2D eigenvalue weighted by Gasteiger charge is -2.33. The molecule has 5 heteroatoms. The predicted octanol–water partition coefficient (Wildman–Crippen LogP) is 3.02. The Morgan fingerprint density at radius 2 is 2.08 bits per heavy atom. The second kappa shape index (κ2) is 6.71. The molecule has 4 rings (SSSR count). The van der Waals surface area contributed by atoms with Crippen LogP contribution in [-0.4, -0.2) is 39.9 Å². The number of para-hydroxylation sites is 1. The van der Waals surface area contributed by atoms with E-state index >= 15 is 0 Å². The van der Waals surface area contributed by atoms with E-state index in [1.807, 2.05) is 12.3 Å². The first-order valence-electron chi connectivity index (χ1n) is 8.42. The molecule has 3 heterocycles. The van der Waals surface area contributed by atoms with E-state index in [1.165, 1.54) is 11.1 Å². The van der Waals surface area contributed by atoms with Gasteiger partial charge in [-0.3, -0.25) is 14.6 Å². The van der Waals surface area contributed by atoms with Crippen LogP contribution in [0.15, 0.2) is 48.7 Å². The van der Waals surface area contributed by atoms with E-state index < -0.39 is 0 Å². The van der Waals surface area contributed by atoms with E-state index in [0.717, 1.165) is 43.9 Å². The summed E-state index contributed by atoms with van der Waals surface area (Å²) in [5.74, 6) is 0. The van der Waals surface area contributed by atoms with Crippen LogP contribution in [0.25, 0.3) is 10.9 Å². The molecule has 1 aromatic carbocycles. The Morgan fingerprint density at radius 3 is 3.00 bits per heavy atom. The zero-order valence-corrected chi connectivity index (χ0v) is 13.9. The molecule has 2 aromatic heterocycles. The summed E-state index contributed by atoms with van der Waals surface area (Å²) in [6, 6.07) is 15.0. The van der Waals surface area contributed by atoms with Crippen molar-refractivity contribution in [2.75, 3.05) is 20.3 Å². The van der Waals surface area contributed by atoms with Crippen LogP contribution in [0.5, 0.6) is 0 Å². The molecular formula is C19H22N4O. The minimum Gasteiger partial charge on any atom is -0.385 e. The number of fused-ring (bicyclic) bond motifs is 2. The van der Waals surface area contributed by atoms with Gasteiger partial charge in [-0.05, 0) is 24.6 Å². The van der Waals surface area contributed by atoms with Gasteiger partial charge < -0.3 is 4.74 Å². The fourth-order valence-electron chi connectivity index (χ4n) is 3.48. The molecule has 0 aliphatic carbocycles. The molecule has 0 radical (unpaired) electrons. The highest BCUT2D eigenvalue weighted by Gasteiger charge is 2.25. The van der Waals surface area contributed by atoms with Crippen LogP contribution in [0.2, 0.25) is 0 Å². The van der Waals surface area contributed by atoms with Crippen molar-refractivity contribution in [1.82, 2.24) is 19.7 Å². The van der Waals surface area contributed by atoms with Crippen LogP contribution in [0.1, 0.15) is 23.9 Å². The van der Waals surface area contributed by atoms with Crippen molar-refractivity contribution in [2.24, 2.45) is 0 Å². The lowest BCUT2D eigenvalue weighted by molar-refractivity contribution is 0.124. The molecule has 0 N–H and O–H groups in total. The third-order valence-electron chi connectivity index (χ3n) is 4.65. The molecule has 0 saturated heterocycles. The molecule has 1 atom stereocenters. The first-order chi connectivity index (χ1) is 11.8. The largest absolute Gasteiger partial charge is 0.385 e. The molecule has 0 saturated carbocycles. The van der Waals surface area contributed by atoms with E-state index in [4.69, 9.17) is 9.72 Å². The fraction of sp³-hybridized carbons (Fsp3) is 0.368. The molecule has 0 amide bonds. The maximum absolute atomic E-state index is 5.27. The highest BCUT2D eigenvalue weighted by atomic mass is 16.5. The number of pyridine rings is 1. The average molecular weight is 322 g/mol. The summed E-state index contributed by atoms with van der Waals surface area (Å²) in [4.78, 5) is 7.26. The van der Waals surface area contributed by atoms with Gasteiger partial charge >= 0.3 is 0 Å². The molecule has 1 aliphatic heterocycles. The van der Waals surface area contributed by atoms with Gasteiger partial charge in [-0.15, -0.1) is 0 Å². The first-order valence-corrected chi connectivity index (χ1v) is 8.42. The van der Waals surface area contributed by atoms with Crippen LogP contribution < -0.4 is 0 Å². The number of ether oxygens (including phenoxy) is 1. The van der Waals surface area contributed by atoms with Crippen LogP contribution in [-0.2, 0) is 17.8 Å². The first kappa shape index (κ1) is 15.3. The maximum atomic E-state index is 5.27. The molecule has 24 heavy (non-hydrogen) atoms. The average Bonchev–Trinajstić information content (AvgIpc) is 3.08. The van der Waals surface area contributed by atoms with E-state index in [9.17, 15) is 0 Å². The van der Waals surface area contributed by atoms with Gasteiger partial charge in [0.15, 0.2) is 0 Å². The minimum atomic E-state index is 0.365. The number of benzene rings is 1. The van der Waals surface area contributed by atoms with Gasteiger partial charge in [0, 0.05) is 44.9 Å². The van der Waals surface area contributed by atoms with E-state index in [2.05, 4.69) is 51.1 Å². The van der Waals surface area contributed by atoms with Crippen LogP contribution in [0, 0.1) is 0 Å². The van der Waals surface area contributed by atoms with Gasteiger partial charge in [-0.25, -0.2) is 0 Å². The Hall–Kier alpha value is -2.24. The summed E-state index contributed by atoms with van der Waals surface area (Å²) in [6.45, 7) is 3.51. The van der Waals surface area contributed by atoms with Gasteiger partial charge in [0.1, 0.15) is 0 Å². The lowest BCUT2D eigenvalue weighted by Crippen LogP contribution is -2.37. The molecule has 5 nitrogen and oxygen atoms in total. The SMILES string of the molecule is COCC[C@H]1CN(Cc2ccc3ccccc3n2)Cc2ccnn21. The van der Waals surface area contributed by atoms with Crippen molar-refractivity contribution < 1.29 is 4.74 Å². The van der Waals surface area contributed by atoms with Crippen LogP contribution in [0.3, 0.4) is 0 Å². The number of nitrogens with zero attached hydrogens (tertiary/aromatic N) is 4. The van der Waals surface area contributed by atoms with Gasteiger partial charge in [0.2, 0.25) is 0 Å². The lowest BCUT2D eigenvalue weighted by atomic mass is 10.1. The van der Waals surface area contributed by atoms with Gasteiger partial charge in [-0.1, -0.05) is 24.3 Å².